The molecular formula is C17H23N5O. The first-order chi connectivity index (χ1) is 10.8. The highest BCUT2D eigenvalue weighted by Gasteiger charge is 2.16. The van der Waals surface area contributed by atoms with Crippen LogP contribution in [0.2, 0.25) is 0 Å². The molecule has 0 unspecified atom stereocenters. The lowest BCUT2D eigenvalue weighted by atomic mass is 10.1. The van der Waals surface area contributed by atoms with Crippen molar-refractivity contribution < 1.29 is 4.79 Å². The van der Waals surface area contributed by atoms with Crippen LogP contribution in [0.15, 0.2) is 30.9 Å². The van der Waals surface area contributed by atoms with Crippen molar-refractivity contribution in [2.45, 2.75) is 33.2 Å². The molecule has 1 aromatic heterocycles. The fourth-order valence-electron chi connectivity index (χ4n) is 2.06. The van der Waals surface area contributed by atoms with Gasteiger partial charge in [-0.05, 0) is 39.8 Å². The maximum absolute atomic E-state index is 12.2. The van der Waals surface area contributed by atoms with Gasteiger partial charge in [-0.1, -0.05) is 17.7 Å². The van der Waals surface area contributed by atoms with Crippen LogP contribution in [0.4, 0.5) is 16.6 Å². The van der Waals surface area contributed by atoms with E-state index in [0.29, 0.717) is 18.3 Å². The van der Waals surface area contributed by atoms with E-state index in [1.54, 1.807) is 6.08 Å². The number of urea groups is 1. The number of amides is 2. The Morgan fingerprint density at radius 2 is 2.04 bits per heavy atom. The number of aromatic nitrogens is 2. The van der Waals surface area contributed by atoms with Crippen molar-refractivity contribution in [2.75, 3.05) is 17.2 Å². The number of benzene rings is 1. The van der Waals surface area contributed by atoms with Gasteiger partial charge >= 0.3 is 6.03 Å². The van der Waals surface area contributed by atoms with Crippen LogP contribution in [0, 0.1) is 6.92 Å². The highest BCUT2D eigenvalue weighted by molar-refractivity contribution is 5.99. The van der Waals surface area contributed by atoms with Crippen LogP contribution in [0.25, 0.3) is 10.9 Å². The SMILES string of the molecule is C=CCNc1nc(NC(=O)NC(C)(C)C)c2cc(C)ccc2n1. The highest BCUT2D eigenvalue weighted by atomic mass is 16.2. The number of fused-ring (bicyclic) bond motifs is 1. The van der Waals surface area contributed by atoms with Crippen LogP contribution >= 0.6 is 0 Å². The molecule has 0 spiro atoms. The monoisotopic (exact) mass is 313 g/mol. The summed E-state index contributed by atoms with van der Waals surface area (Å²) in [6.45, 7) is 12.0. The fraction of sp³-hybridized carbons (Fsp3) is 0.353. The standard InChI is InChI=1S/C17H23N5O/c1-6-9-18-15-19-13-8-7-11(2)10-12(13)14(20-15)21-16(23)22-17(3,4)5/h6-8,10H,1,9H2,2-5H3,(H3,18,19,20,21,22,23). The predicted octanol–water partition coefficient (Wildman–Crippen LogP) is 3.46. The molecule has 0 bridgehead atoms. The van der Waals surface area contributed by atoms with E-state index in [-0.39, 0.29) is 11.6 Å². The molecule has 3 N–H and O–H groups in total. The average Bonchev–Trinajstić information content (AvgIpc) is 2.43. The van der Waals surface area contributed by atoms with Crippen molar-refractivity contribution in [3.8, 4) is 0 Å². The second-order valence-corrected chi connectivity index (χ2v) is 6.42. The molecule has 0 aliphatic carbocycles. The van der Waals surface area contributed by atoms with Gasteiger partial charge in [0.15, 0.2) is 0 Å². The zero-order valence-corrected chi connectivity index (χ0v) is 14.0. The van der Waals surface area contributed by atoms with E-state index in [0.717, 1.165) is 16.5 Å². The molecule has 2 aromatic rings. The summed E-state index contributed by atoms with van der Waals surface area (Å²) in [4.78, 5) is 21.0. The van der Waals surface area contributed by atoms with Crippen molar-refractivity contribution in [3.05, 3.63) is 36.4 Å². The zero-order valence-electron chi connectivity index (χ0n) is 14.0. The summed E-state index contributed by atoms with van der Waals surface area (Å²) in [5.74, 6) is 0.930. The predicted molar refractivity (Wildman–Crippen MR) is 94.9 cm³/mol. The lowest BCUT2D eigenvalue weighted by Crippen LogP contribution is -2.43. The summed E-state index contributed by atoms with van der Waals surface area (Å²) in [5, 5.41) is 9.54. The molecule has 1 aromatic carbocycles. The molecule has 1 heterocycles. The van der Waals surface area contributed by atoms with Gasteiger partial charge in [0.05, 0.1) is 5.52 Å². The molecule has 122 valence electrons. The quantitative estimate of drug-likeness (QED) is 0.755. The summed E-state index contributed by atoms with van der Waals surface area (Å²) in [5.41, 5.74) is 1.52. The van der Waals surface area contributed by atoms with E-state index in [2.05, 4.69) is 32.5 Å². The van der Waals surface area contributed by atoms with Gasteiger partial charge in [0, 0.05) is 17.5 Å². The molecule has 6 nitrogen and oxygen atoms in total. The van der Waals surface area contributed by atoms with Gasteiger partial charge in [0.2, 0.25) is 5.95 Å². The van der Waals surface area contributed by atoms with Crippen molar-refractivity contribution in [1.29, 1.82) is 0 Å². The second-order valence-electron chi connectivity index (χ2n) is 6.42. The summed E-state index contributed by atoms with van der Waals surface area (Å²) in [7, 11) is 0. The van der Waals surface area contributed by atoms with Crippen LogP contribution in [0.1, 0.15) is 26.3 Å². The van der Waals surface area contributed by atoms with E-state index in [1.807, 2.05) is 45.9 Å². The summed E-state index contributed by atoms with van der Waals surface area (Å²) in [6, 6.07) is 5.55. The minimum atomic E-state index is -0.327. The van der Waals surface area contributed by atoms with E-state index in [4.69, 9.17) is 0 Å². The first-order valence-corrected chi connectivity index (χ1v) is 7.51. The molecule has 2 amide bonds. The Balaban J connectivity index is 2.39. The molecule has 2 rings (SSSR count). The summed E-state index contributed by atoms with van der Waals surface area (Å²) >= 11 is 0. The van der Waals surface area contributed by atoms with Gasteiger partial charge in [-0.15, -0.1) is 6.58 Å². The first-order valence-electron chi connectivity index (χ1n) is 7.51. The van der Waals surface area contributed by atoms with Gasteiger partial charge in [-0.25, -0.2) is 9.78 Å². The van der Waals surface area contributed by atoms with E-state index >= 15 is 0 Å². The van der Waals surface area contributed by atoms with Crippen LogP contribution in [-0.2, 0) is 0 Å². The molecule has 0 aliphatic heterocycles. The molecule has 0 atom stereocenters. The summed E-state index contributed by atoms with van der Waals surface area (Å²) < 4.78 is 0. The zero-order chi connectivity index (χ0) is 17.0. The Morgan fingerprint density at radius 1 is 1.30 bits per heavy atom. The number of hydrogen-bond acceptors (Lipinski definition) is 4. The molecule has 6 heteroatoms. The molecule has 0 saturated carbocycles. The van der Waals surface area contributed by atoms with Gasteiger partial charge in [-0.3, -0.25) is 5.32 Å². The van der Waals surface area contributed by atoms with Crippen molar-refractivity contribution in [3.63, 3.8) is 0 Å². The van der Waals surface area contributed by atoms with Gasteiger partial charge in [-0.2, -0.15) is 4.98 Å². The summed E-state index contributed by atoms with van der Waals surface area (Å²) in [6.07, 6.45) is 1.72. The molecule has 23 heavy (non-hydrogen) atoms. The topological polar surface area (TPSA) is 78.9 Å². The second kappa shape index (κ2) is 6.64. The first kappa shape index (κ1) is 16.7. The maximum atomic E-state index is 12.2. The molecular weight excluding hydrogens is 290 g/mol. The number of nitrogens with zero attached hydrogens (tertiary/aromatic N) is 2. The lowest BCUT2D eigenvalue weighted by Gasteiger charge is -2.21. The number of rotatable bonds is 4. The third kappa shape index (κ3) is 4.67. The fourth-order valence-corrected chi connectivity index (χ4v) is 2.06. The average molecular weight is 313 g/mol. The van der Waals surface area contributed by atoms with Crippen molar-refractivity contribution in [2.24, 2.45) is 0 Å². The Labute approximate surface area is 136 Å². The van der Waals surface area contributed by atoms with Gasteiger partial charge < -0.3 is 10.6 Å². The number of hydrogen-bond donors (Lipinski definition) is 3. The highest BCUT2D eigenvalue weighted by Crippen LogP contribution is 2.23. The molecule has 0 radical (unpaired) electrons. The third-order valence-electron chi connectivity index (χ3n) is 2.98. The maximum Gasteiger partial charge on any atom is 0.320 e. The Bertz CT molecular complexity index is 734. The molecule has 0 aliphatic rings. The lowest BCUT2D eigenvalue weighted by molar-refractivity contribution is 0.243. The Morgan fingerprint density at radius 3 is 2.70 bits per heavy atom. The molecule has 0 fully saturated rings. The number of nitrogens with one attached hydrogen (secondary N) is 3. The van der Waals surface area contributed by atoms with Crippen LogP contribution < -0.4 is 16.0 Å². The largest absolute Gasteiger partial charge is 0.351 e. The van der Waals surface area contributed by atoms with E-state index in [1.165, 1.54) is 0 Å². The van der Waals surface area contributed by atoms with E-state index < -0.39 is 0 Å². The number of carbonyl (C=O) groups excluding carboxylic acids is 1. The van der Waals surface area contributed by atoms with Crippen LogP contribution in [0.3, 0.4) is 0 Å². The molecule has 0 saturated heterocycles. The minimum Gasteiger partial charge on any atom is -0.351 e. The number of carbonyl (C=O) groups is 1. The Hall–Kier alpha value is -2.63. The minimum absolute atomic E-state index is 0.298. The number of anilines is 2. The van der Waals surface area contributed by atoms with Crippen LogP contribution in [0.5, 0.6) is 0 Å². The number of aryl methyl sites for hydroxylation is 1. The smallest absolute Gasteiger partial charge is 0.320 e. The van der Waals surface area contributed by atoms with Crippen molar-refractivity contribution >= 4 is 28.7 Å². The van der Waals surface area contributed by atoms with E-state index in [9.17, 15) is 4.79 Å². The third-order valence-corrected chi connectivity index (χ3v) is 2.98. The van der Waals surface area contributed by atoms with Gasteiger partial charge in [0.25, 0.3) is 0 Å². The normalized spacial score (nSPS) is 11.1. The van der Waals surface area contributed by atoms with Gasteiger partial charge in [0.1, 0.15) is 5.82 Å². The van der Waals surface area contributed by atoms with Crippen molar-refractivity contribution in [1.82, 2.24) is 15.3 Å². The van der Waals surface area contributed by atoms with Crippen LogP contribution in [-0.4, -0.2) is 28.1 Å². The Kier molecular flexibility index (Phi) is 4.83.